The second-order valence-electron chi connectivity index (χ2n) is 5.83. The molecular formula is C12H18O4S2. The van der Waals surface area contributed by atoms with Crippen LogP contribution < -0.4 is 0 Å². The summed E-state index contributed by atoms with van der Waals surface area (Å²) in [6, 6.07) is 0. The first-order chi connectivity index (χ1) is 8.31. The molecule has 0 heterocycles. The minimum Gasteiger partial charge on any atom is -0.481 e. The van der Waals surface area contributed by atoms with Gasteiger partial charge >= 0.3 is 11.9 Å². The van der Waals surface area contributed by atoms with E-state index in [4.69, 9.17) is 10.2 Å². The molecule has 0 unspecified atom stereocenters. The van der Waals surface area contributed by atoms with Crippen molar-refractivity contribution in [1.29, 1.82) is 0 Å². The van der Waals surface area contributed by atoms with Crippen LogP contribution in [-0.2, 0) is 9.59 Å². The quantitative estimate of drug-likeness (QED) is 0.496. The third-order valence-corrected chi connectivity index (χ3v) is 7.22. The summed E-state index contributed by atoms with van der Waals surface area (Å²) < 4.78 is -0.361. The highest BCUT2D eigenvalue weighted by Gasteiger charge is 2.70. The van der Waals surface area contributed by atoms with Crippen LogP contribution in [0.5, 0.6) is 0 Å². The van der Waals surface area contributed by atoms with Gasteiger partial charge in [0.25, 0.3) is 0 Å². The van der Waals surface area contributed by atoms with Gasteiger partial charge in [0.2, 0.25) is 0 Å². The first-order valence-electron chi connectivity index (χ1n) is 6.07. The summed E-state index contributed by atoms with van der Waals surface area (Å²) in [6.45, 7) is 2.01. The van der Waals surface area contributed by atoms with Crippen molar-refractivity contribution in [3.8, 4) is 0 Å². The number of carboxylic acid groups (broad SMARTS) is 2. The number of hydrogen-bond acceptors (Lipinski definition) is 4. The Morgan fingerprint density at radius 2 is 1.44 bits per heavy atom. The normalized spacial score (nSPS) is 23.4. The zero-order valence-electron chi connectivity index (χ0n) is 10.3. The van der Waals surface area contributed by atoms with Gasteiger partial charge in [-0.05, 0) is 43.4 Å². The van der Waals surface area contributed by atoms with Gasteiger partial charge in [0.1, 0.15) is 0 Å². The van der Waals surface area contributed by atoms with Gasteiger partial charge in [-0.15, -0.1) is 11.7 Å². The molecular weight excluding hydrogens is 272 g/mol. The van der Waals surface area contributed by atoms with E-state index in [1.807, 2.05) is 6.92 Å². The van der Waals surface area contributed by atoms with Crippen molar-refractivity contribution in [3.05, 3.63) is 0 Å². The molecule has 0 radical (unpaired) electrons. The molecule has 0 amide bonds. The van der Waals surface area contributed by atoms with E-state index in [0.717, 1.165) is 25.7 Å². The Morgan fingerprint density at radius 1 is 1.11 bits per heavy atom. The van der Waals surface area contributed by atoms with Crippen LogP contribution in [0.15, 0.2) is 0 Å². The van der Waals surface area contributed by atoms with Crippen molar-refractivity contribution in [1.82, 2.24) is 0 Å². The summed E-state index contributed by atoms with van der Waals surface area (Å²) >= 11 is 4.34. The Morgan fingerprint density at radius 3 is 1.61 bits per heavy atom. The lowest BCUT2D eigenvalue weighted by atomic mass is 9.73. The monoisotopic (exact) mass is 290 g/mol. The van der Waals surface area contributed by atoms with Gasteiger partial charge in [0, 0.05) is 4.75 Å². The highest BCUT2D eigenvalue weighted by atomic mass is 33.1. The van der Waals surface area contributed by atoms with Crippen molar-refractivity contribution >= 4 is 34.4 Å². The van der Waals surface area contributed by atoms with Gasteiger partial charge in [0.05, 0.1) is 12.8 Å². The highest BCUT2D eigenvalue weighted by molar-refractivity contribution is 8.69. The van der Waals surface area contributed by atoms with Gasteiger partial charge in [-0.25, -0.2) is 0 Å². The zero-order valence-corrected chi connectivity index (χ0v) is 12.0. The smallest absolute Gasteiger partial charge is 0.303 e. The van der Waals surface area contributed by atoms with Crippen molar-refractivity contribution in [2.45, 2.75) is 50.2 Å². The third kappa shape index (κ3) is 2.03. The number of hydrogen-bond donors (Lipinski definition) is 3. The first kappa shape index (κ1) is 14.1. The Labute approximate surface area is 115 Å². The zero-order chi connectivity index (χ0) is 13.6. The van der Waals surface area contributed by atoms with Crippen molar-refractivity contribution in [2.24, 2.45) is 10.8 Å². The maximum atomic E-state index is 11.0. The fourth-order valence-corrected chi connectivity index (χ4v) is 5.38. The summed E-state index contributed by atoms with van der Waals surface area (Å²) in [5, 5.41) is 18.1. The van der Waals surface area contributed by atoms with E-state index in [9.17, 15) is 9.59 Å². The number of rotatable bonds is 7. The minimum atomic E-state index is -0.799. The van der Waals surface area contributed by atoms with Gasteiger partial charge in [0.15, 0.2) is 0 Å². The van der Waals surface area contributed by atoms with E-state index in [-0.39, 0.29) is 28.4 Å². The molecule has 0 aliphatic heterocycles. The fraction of sp³-hybridized carbons (Fsp3) is 0.833. The van der Waals surface area contributed by atoms with E-state index in [1.165, 1.54) is 10.8 Å². The van der Waals surface area contributed by atoms with Crippen LogP contribution >= 0.6 is 22.5 Å². The van der Waals surface area contributed by atoms with Gasteiger partial charge < -0.3 is 10.2 Å². The maximum absolute atomic E-state index is 11.0. The molecule has 0 spiro atoms. The van der Waals surface area contributed by atoms with Gasteiger partial charge in [-0.3, -0.25) is 9.59 Å². The molecule has 2 N–H and O–H groups in total. The summed E-state index contributed by atoms with van der Waals surface area (Å²) in [5.41, 5.74) is -0.533. The molecule has 18 heavy (non-hydrogen) atoms. The predicted molar refractivity (Wildman–Crippen MR) is 72.8 cm³/mol. The Kier molecular flexibility index (Phi) is 3.39. The molecule has 6 heteroatoms. The topological polar surface area (TPSA) is 74.6 Å². The van der Waals surface area contributed by atoms with E-state index in [0.29, 0.717) is 0 Å². The predicted octanol–water partition coefficient (Wildman–Crippen LogP) is 2.83. The number of carboxylic acids is 2. The van der Waals surface area contributed by atoms with Gasteiger partial charge in [-0.1, -0.05) is 10.8 Å². The number of aliphatic carboxylic acids is 2. The molecule has 0 aromatic heterocycles. The van der Waals surface area contributed by atoms with E-state index in [2.05, 4.69) is 11.7 Å². The lowest BCUT2D eigenvalue weighted by Gasteiger charge is -2.42. The minimum absolute atomic E-state index is 0.123. The average molecular weight is 290 g/mol. The molecule has 2 saturated carbocycles. The van der Waals surface area contributed by atoms with Crippen molar-refractivity contribution in [3.63, 3.8) is 0 Å². The molecule has 4 nitrogen and oxygen atoms in total. The molecule has 0 atom stereocenters. The SMILES string of the molecule is CC(SS)(C1(CC(=O)O)CC1)C1(CC(=O)O)CC1. The molecule has 2 fully saturated rings. The Bertz CT molecular complexity index is 354. The summed E-state index contributed by atoms with van der Waals surface area (Å²) in [4.78, 5) is 22.1. The summed E-state index contributed by atoms with van der Waals surface area (Å²) in [7, 11) is 1.36. The summed E-state index contributed by atoms with van der Waals surface area (Å²) in [6.07, 6.45) is 3.71. The number of thiol groups is 1. The molecule has 0 aromatic rings. The van der Waals surface area contributed by atoms with E-state index < -0.39 is 11.9 Å². The van der Waals surface area contributed by atoms with E-state index >= 15 is 0 Å². The Balaban J connectivity index is 2.26. The first-order valence-corrected chi connectivity index (χ1v) is 7.94. The standard InChI is InChI=1S/C12H18O4S2/c1-10(18-17,11(2-3-11)6-8(13)14)12(4-5-12)7-9(15)16/h17H,2-7H2,1H3,(H,13,14)(H,15,16). The van der Waals surface area contributed by atoms with Crippen LogP contribution in [0, 0.1) is 10.8 Å². The maximum Gasteiger partial charge on any atom is 0.303 e. The highest BCUT2D eigenvalue weighted by Crippen LogP contribution is 2.75. The lowest BCUT2D eigenvalue weighted by Crippen LogP contribution is -2.43. The van der Waals surface area contributed by atoms with Crippen LogP contribution in [0.25, 0.3) is 0 Å². The average Bonchev–Trinajstić information content (AvgIpc) is 3.13. The lowest BCUT2D eigenvalue weighted by molar-refractivity contribution is -0.139. The van der Waals surface area contributed by atoms with Gasteiger partial charge in [-0.2, -0.15) is 0 Å². The van der Waals surface area contributed by atoms with Crippen LogP contribution in [-0.4, -0.2) is 26.9 Å². The second kappa shape index (κ2) is 4.34. The molecule has 102 valence electrons. The van der Waals surface area contributed by atoms with Crippen molar-refractivity contribution in [2.75, 3.05) is 0 Å². The largest absolute Gasteiger partial charge is 0.481 e. The molecule has 2 aliphatic carbocycles. The molecule has 0 aromatic carbocycles. The molecule has 2 rings (SSSR count). The molecule has 0 bridgehead atoms. The van der Waals surface area contributed by atoms with Crippen LogP contribution in [0.2, 0.25) is 0 Å². The van der Waals surface area contributed by atoms with Crippen LogP contribution in [0.3, 0.4) is 0 Å². The number of carbonyl (C=O) groups is 2. The third-order valence-electron chi connectivity index (χ3n) is 4.89. The second-order valence-corrected chi connectivity index (χ2v) is 7.37. The summed E-state index contributed by atoms with van der Waals surface area (Å²) in [5.74, 6) is -1.60. The molecule has 0 saturated heterocycles. The van der Waals surface area contributed by atoms with E-state index in [1.54, 1.807) is 0 Å². The van der Waals surface area contributed by atoms with Crippen molar-refractivity contribution < 1.29 is 19.8 Å². The Hall–Kier alpha value is -0.360. The van der Waals surface area contributed by atoms with Crippen LogP contribution in [0.1, 0.15) is 45.4 Å². The van der Waals surface area contributed by atoms with Crippen LogP contribution in [0.4, 0.5) is 0 Å². The fourth-order valence-electron chi connectivity index (χ4n) is 3.28. The molecule has 2 aliphatic rings.